The third kappa shape index (κ3) is 3.74. The number of allylic oxidation sites excluding steroid dienone is 2. The van der Waals surface area contributed by atoms with Gasteiger partial charge in [0.15, 0.2) is 0 Å². The zero-order valence-corrected chi connectivity index (χ0v) is 18.8. The summed E-state index contributed by atoms with van der Waals surface area (Å²) in [7, 11) is -3.85. The molecule has 0 saturated carbocycles. The van der Waals surface area contributed by atoms with Crippen LogP contribution in [0, 0.1) is 12.3 Å². The summed E-state index contributed by atoms with van der Waals surface area (Å²) >= 11 is 3.40. The van der Waals surface area contributed by atoms with Crippen LogP contribution in [0.1, 0.15) is 24.8 Å². The highest BCUT2D eigenvalue weighted by Gasteiger charge is 2.44. The lowest BCUT2D eigenvalue weighted by atomic mass is 9.79. The predicted octanol–water partition coefficient (Wildman–Crippen LogP) is 4.52. The fourth-order valence-electron chi connectivity index (χ4n) is 4.09. The number of halogens is 1. The first-order chi connectivity index (χ1) is 14.2. The third-order valence-electron chi connectivity index (χ3n) is 5.69. The molecule has 30 heavy (non-hydrogen) atoms. The number of rotatable bonds is 5. The van der Waals surface area contributed by atoms with Crippen molar-refractivity contribution < 1.29 is 23.1 Å². The average Bonchev–Trinajstić information content (AvgIpc) is 3.17. The number of benzene rings is 2. The molecule has 2 aromatic rings. The van der Waals surface area contributed by atoms with Gasteiger partial charge >= 0.3 is 5.97 Å². The molecular formula is C22H22BrNO5S. The number of ether oxygens (including phenoxy) is 1. The van der Waals surface area contributed by atoms with E-state index in [1.807, 2.05) is 25.1 Å². The van der Waals surface area contributed by atoms with Crippen LogP contribution < -0.4 is 9.04 Å². The van der Waals surface area contributed by atoms with Gasteiger partial charge in [-0.25, -0.2) is 8.42 Å². The van der Waals surface area contributed by atoms with Crippen LogP contribution in [0.3, 0.4) is 0 Å². The van der Waals surface area contributed by atoms with Crippen molar-refractivity contribution in [2.45, 2.75) is 37.2 Å². The predicted molar refractivity (Wildman–Crippen MR) is 117 cm³/mol. The summed E-state index contributed by atoms with van der Waals surface area (Å²) in [4.78, 5) is 12.2. The van der Waals surface area contributed by atoms with Gasteiger partial charge in [0.1, 0.15) is 11.9 Å². The van der Waals surface area contributed by atoms with Crippen molar-refractivity contribution in [3.05, 3.63) is 64.7 Å². The molecule has 2 aliphatic rings. The number of carboxylic acid groups (broad SMARTS) is 1. The van der Waals surface area contributed by atoms with E-state index in [1.54, 1.807) is 36.4 Å². The van der Waals surface area contributed by atoms with Gasteiger partial charge in [0.2, 0.25) is 0 Å². The molecule has 0 fully saturated rings. The fraction of sp³-hybridized carbons (Fsp3) is 0.318. The molecule has 1 aliphatic heterocycles. The van der Waals surface area contributed by atoms with E-state index in [2.05, 4.69) is 15.9 Å². The second-order valence-corrected chi connectivity index (χ2v) is 10.7. The van der Waals surface area contributed by atoms with Gasteiger partial charge < -0.3 is 9.84 Å². The Morgan fingerprint density at radius 2 is 1.97 bits per heavy atom. The Hall–Kier alpha value is -2.32. The Bertz CT molecular complexity index is 1120. The van der Waals surface area contributed by atoms with Gasteiger partial charge in [0, 0.05) is 10.9 Å². The zero-order chi connectivity index (χ0) is 21.5. The SMILES string of the molecule is Cc1cccc(S(=O)(=O)N2C[C@H](CC3(C(=O)O)CC=CC3)Oc3ccc(Br)cc32)c1. The van der Waals surface area contributed by atoms with E-state index in [4.69, 9.17) is 4.74 Å². The van der Waals surface area contributed by atoms with Crippen LogP contribution in [0.2, 0.25) is 0 Å². The summed E-state index contributed by atoms with van der Waals surface area (Å²) in [6.45, 7) is 1.89. The fourth-order valence-corrected chi connectivity index (χ4v) is 6.04. The highest BCUT2D eigenvalue weighted by molar-refractivity contribution is 9.10. The largest absolute Gasteiger partial charge is 0.486 e. The lowest BCUT2D eigenvalue weighted by Crippen LogP contribution is -2.46. The molecule has 1 heterocycles. The summed E-state index contributed by atoms with van der Waals surface area (Å²) in [6, 6.07) is 12.0. The molecule has 1 atom stereocenters. The van der Waals surface area contributed by atoms with Gasteiger partial charge in [-0.1, -0.05) is 40.2 Å². The monoisotopic (exact) mass is 491 g/mol. The molecule has 0 bridgehead atoms. The molecule has 0 radical (unpaired) electrons. The van der Waals surface area contributed by atoms with Crippen molar-refractivity contribution in [2.24, 2.45) is 5.41 Å². The van der Waals surface area contributed by atoms with Gasteiger partial charge in [-0.05, 0) is 55.7 Å². The molecule has 0 saturated heterocycles. The molecule has 4 rings (SSSR count). The Morgan fingerprint density at radius 3 is 2.63 bits per heavy atom. The van der Waals surface area contributed by atoms with Crippen LogP contribution in [0.25, 0.3) is 0 Å². The number of aryl methyl sites for hydroxylation is 1. The number of hydrogen-bond acceptors (Lipinski definition) is 4. The number of nitrogens with zero attached hydrogens (tertiary/aromatic N) is 1. The summed E-state index contributed by atoms with van der Waals surface area (Å²) in [5, 5.41) is 9.83. The number of sulfonamides is 1. The van der Waals surface area contributed by atoms with Crippen molar-refractivity contribution in [1.29, 1.82) is 0 Å². The average molecular weight is 492 g/mol. The molecule has 0 aromatic heterocycles. The lowest BCUT2D eigenvalue weighted by Gasteiger charge is -2.38. The van der Waals surface area contributed by atoms with E-state index in [9.17, 15) is 18.3 Å². The van der Waals surface area contributed by atoms with Gasteiger partial charge in [-0.15, -0.1) is 0 Å². The van der Waals surface area contributed by atoms with Crippen molar-refractivity contribution in [2.75, 3.05) is 10.8 Å². The molecule has 6 nitrogen and oxygen atoms in total. The molecule has 1 N–H and O–H groups in total. The third-order valence-corrected chi connectivity index (χ3v) is 7.96. The van der Waals surface area contributed by atoms with E-state index < -0.39 is 27.5 Å². The van der Waals surface area contributed by atoms with E-state index >= 15 is 0 Å². The molecule has 1 aliphatic carbocycles. The van der Waals surface area contributed by atoms with E-state index in [1.165, 1.54) is 4.31 Å². The van der Waals surface area contributed by atoms with E-state index in [0.29, 0.717) is 24.3 Å². The molecule has 0 amide bonds. The second-order valence-electron chi connectivity index (χ2n) is 7.87. The summed E-state index contributed by atoms with van der Waals surface area (Å²) in [5.74, 6) is -0.456. The number of hydrogen-bond donors (Lipinski definition) is 1. The minimum atomic E-state index is -3.85. The van der Waals surface area contributed by atoms with Crippen LogP contribution in [-0.4, -0.2) is 32.1 Å². The van der Waals surface area contributed by atoms with Crippen LogP contribution in [-0.2, 0) is 14.8 Å². The maximum atomic E-state index is 13.5. The van der Waals surface area contributed by atoms with Crippen molar-refractivity contribution >= 4 is 37.6 Å². The normalized spacial score (nSPS) is 19.9. The smallest absolute Gasteiger partial charge is 0.310 e. The maximum Gasteiger partial charge on any atom is 0.310 e. The van der Waals surface area contributed by atoms with Gasteiger partial charge in [-0.2, -0.15) is 0 Å². The highest BCUT2D eigenvalue weighted by Crippen LogP contribution is 2.44. The van der Waals surface area contributed by atoms with Gasteiger partial charge in [0.25, 0.3) is 10.0 Å². The van der Waals surface area contributed by atoms with Crippen molar-refractivity contribution in [3.8, 4) is 5.75 Å². The topological polar surface area (TPSA) is 83.9 Å². The Morgan fingerprint density at radius 1 is 1.23 bits per heavy atom. The summed E-state index contributed by atoms with van der Waals surface area (Å²) < 4.78 is 35.2. The molecular weight excluding hydrogens is 470 g/mol. The van der Waals surface area contributed by atoms with Crippen LogP contribution in [0.15, 0.2) is 64.0 Å². The Labute approximate surface area is 184 Å². The number of carbonyl (C=O) groups is 1. The summed E-state index contributed by atoms with van der Waals surface area (Å²) in [5.41, 5.74) is 0.323. The quantitative estimate of drug-likeness (QED) is 0.621. The number of fused-ring (bicyclic) bond motifs is 1. The lowest BCUT2D eigenvalue weighted by molar-refractivity contribution is -0.150. The Kier molecular flexibility index (Phi) is 5.40. The van der Waals surface area contributed by atoms with Crippen molar-refractivity contribution in [1.82, 2.24) is 0 Å². The van der Waals surface area contributed by atoms with Crippen LogP contribution in [0.4, 0.5) is 5.69 Å². The Balaban J connectivity index is 1.74. The van der Waals surface area contributed by atoms with Gasteiger partial charge in [-0.3, -0.25) is 9.10 Å². The molecule has 2 aromatic carbocycles. The summed E-state index contributed by atoms with van der Waals surface area (Å²) in [6.07, 6.45) is 4.21. The minimum absolute atomic E-state index is 0.0504. The van der Waals surface area contributed by atoms with Crippen LogP contribution >= 0.6 is 15.9 Å². The number of anilines is 1. The first kappa shape index (κ1) is 20.9. The first-order valence-corrected chi connectivity index (χ1v) is 11.9. The standard InChI is InChI=1S/C22H22BrNO5S/c1-15-5-4-6-18(11-15)30(27,28)24-14-17(13-22(21(25)26)9-2-3-10-22)29-20-8-7-16(23)12-19(20)24/h2-8,11-12,17H,9-10,13-14H2,1H3,(H,25,26)/t17-/m0/s1. The first-order valence-electron chi connectivity index (χ1n) is 9.65. The van der Waals surface area contributed by atoms with E-state index in [-0.39, 0.29) is 17.9 Å². The molecule has 158 valence electrons. The highest BCUT2D eigenvalue weighted by atomic mass is 79.9. The zero-order valence-electron chi connectivity index (χ0n) is 16.4. The number of aliphatic carboxylic acids is 1. The molecule has 8 heteroatoms. The maximum absolute atomic E-state index is 13.5. The number of carboxylic acids is 1. The molecule has 0 spiro atoms. The minimum Gasteiger partial charge on any atom is -0.486 e. The second kappa shape index (κ2) is 7.74. The van der Waals surface area contributed by atoms with Crippen LogP contribution in [0.5, 0.6) is 5.75 Å². The van der Waals surface area contributed by atoms with E-state index in [0.717, 1.165) is 10.0 Å². The van der Waals surface area contributed by atoms with Gasteiger partial charge in [0.05, 0.1) is 22.5 Å². The molecule has 0 unspecified atom stereocenters. The van der Waals surface area contributed by atoms with Crippen molar-refractivity contribution in [3.63, 3.8) is 0 Å².